The average Bonchev–Trinajstić information content (AvgIpc) is 3.08. The van der Waals surface area contributed by atoms with Crippen LogP contribution < -0.4 is 4.90 Å². The van der Waals surface area contributed by atoms with Gasteiger partial charge in [0.1, 0.15) is 5.65 Å². The van der Waals surface area contributed by atoms with E-state index in [1.807, 2.05) is 41.9 Å². The standard InChI is InChI=1S/C23H25ClN4O/c1-26(17-18-9-3-4-10-19(18)27-14-6-2-7-15-27)22(29)13-12-20-23(24)25-21-11-5-8-16-28(20)21/h3-5,8-13,16H,2,6-7,14-15,17H2,1H3/b13-12+. The lowest BCUT2D eigenvalue weighted by Crippen LogP contribution is -2.31. The molecule has 3 aromatic rings. The molecule has 0 unspecified atom stereocenters. The smallest absolute Gasteiger partial charge is 0.246 e. The Labute approximate surface area is 176 Å². The van der Waals surface area contributed by atoms with Crippen LogP contribution in [-0.4, -0.2) is 40.3 Å². The molecule has 5 nitrogen and oxygen atoms in total. The Balaban J connectivity index is 1.49. The molecule has 0 N–H and O–H groups in total. The summed E-state index contributed by atoms with van der Waals surface area (Å²) in [7, 11) is 1.83. The van der Waals surface area contributed by atoms with E-state index in [4.69, 9.17) is 11.6 Å². The molecule has 0 aliphatic carbocycles. The van der Waals surface area contributed by atoms with Crippen molar-refractivity contribution >= 4 is 34.9 Å². The van der Waals surface area contributed by atoms with Gasteiger partial charge in [-0.05, 0) is 49.1 Å². The summed E-state index contributed by atoms with van der Waals surface area (Å²) in [4.78, 5) is 21.2. The minimum atomic E-state index is -0.0691. The summed E-state index contributed by atoms with van der Waals surface area (Å²) in [6, 6.07) is 14.1. The lowest BCUT2D eigenvalue weighted by molar-refractivity contribution is -0.125. The number of piperidine rings is 1. The minimum absolute atomic E-state index is 0.0691. The number of halogens is 1. The number of hydrogen-bond acceptors (Lipinski definition) is 3. The number of benzene rings is 1. The van der Waals surface area contributed by atoms with Crippen molar-refractivity contribution in [2.45, 2.75) is 25.8 Å². The molecule has 0 spiro atoms. The van der Waals surface area contributed by atoms with E-state index >= 15 is 0 Å². The molecule has 0 bridgehead atoms. The van der Waals surface area contributed by atoms with Gasteiger partial charge in [0.05, 0.1) is 5.69 Å². The third kappa shape index (κ3) is 4.30. The number of imidazole rings is 1. The Bertz CT molecular complexity index is 1040. The number of carbonyl (C=O) groups is 1. The molecule has 1 aromatic carbocycles. The Morgan fingerprint density at radius 2 is 1.90 bits per heavy atom. The van der Waals surface area contributed by atoms with Gasteiger partial charge in [0.15, 0.2) is 5.15 Å². The van der Waals surface area contributed by atoms with Gasteiger partial charge in [-0.25, -0.2) is 4.98 Å². The number of para-hydroxylation sites is 1. The predicted octanol–water partition coefficient (Wildman–Crippen LogP) is 4.65. The van der Waals surface area contributed by atoms with Gasteiger partial charge < -0.3 is 9.80 Å². The molecule has 1 saturated heterocycles. The lowest BCUT2D eigenvalue weighted by Gasteiger charge is -2.31. The average molecular weight is 409 g/mol. The normalized spacial score (nSPS) is 14.6. The first kappa shape index (κ1) is 19.5. The molecule has 6 heteroatoms. The highest BCUT2D eigenvalue weighted by molar-refractivity contribution is 6.31. The van der Waals surface area contributed by atoms with Crippen LogP contribution in [0.5, 0.6) is 0 Å². The summed E-state index contributed by atoms with van der Waals surface area (Å²) in [6.07, 6.45) is 8.94. The number of fused-ring (bicyclic) bond motifs is 1. The van der Waals surface area contributed by atoms with Crippen LogP contribution in [0, 0.1) is 0 Å². The van der Waals surface area contributed by atoms with Crippen LogP contribution in [0.1, 0.15) is 30.5 Å². The van der Waals surface area contributed by atoms with Crippen molar-refractivity contribution in [3.05, 3.63) is 71.1 Å². The van der Waals surface area contributed by atoms with E-state index in [9.17, 15) is 4.79 Å². The summed E-state index contributed by atoms with van der Waals surface area (Å²) in [5.74, 6) is -0.0691. The molecular formula is C23H25ClN4O. The summed E-state index contributed by atoms with van der Waals surface area (Å²) < 4.78 is 1.87. The van der Waals surface area contributed by atoms with E-state index in [0.29, 0.717) is 17.4 Å². The number of likely N-dealkylation sites (N-methyl/N-ethyl adjacent to an activating group) is 1. The summed E-state index contributed by atoms with van der Waals surface area (Å²) in [6.45, 7) is 2.74. The van der Waals surface area contributed by atoms with E-state index in [-0.39, 0.29) is 5.91 Å². The van der Waals surface area contributed by atoms with Crippen molar-refractivity contribution < 1.29 is 4.79 Å². The molecule has 150 valence electrons. The highest BCUT2D eigenvalue weighted by atomic mass is 35.5. The van der Waals surface area contributed by atoms with Crippen LogP contribution >= 0.6 is 11.6 Å². The van der Waals surface area contributed by atoms with Crippen molar-refractivity contribution in [3.8, 4) is 0 Å². The molecule has 1 fully saturated rings. The van der Waals surface area contributed by atoms with Crippen LogP contribution in [0.4, 0.5) is 5.69 Å². The molecule has 4 rings (SSSR count). The van der Waals surface area contributed by atoms with Gasteiger partial charge >= 0.3 is 0 Å². The lowest BCUT2D eigenvalue weighted by atomic mass is 10.1. The molecule has 0 radical (unpaired) electrons. The van der Waals surface area contributed by atoms with Crippen molar-refractivity contribution in [3.63, 3.8) is 0 Å². The Hall–Kier alpha value is -2.79. The maximum Gasteiger partial charge on any atom is 0.246 e. The first-order valence-corrected chi connectivity index (χ1v) is 10.4. The van der Waals surface area contributed by atoms with Gasteiger partial charge in [0.2, 0.25) is 5.91 Å². The molecular weight excluding hydrogens is 384 g/mol. The minimum Gasteiger partial charge on any atom is -0.371 e. The fourth-order valence-electron chi connectivity index (χ4n) is 3.83. The van der Waals surface area contributed by atoms with Gasteiger partial charge in [-0.15, -0.1) is 0 Å². The topological polar surface area (TPSA) is 40.8 Å². The monoisotopic (exact) mass is 408 g/mol. The molecule has 29 heavy (non-hydrogen) atoms. The van der Waals surface area contributed by atoms with Gasteiger partial charge in [-0.3, -0.25) is 9.20 Å². The van der Waals surface area contributed by atoms with Crippen molar-refractivity contribution in [2.75, 3.05) is 25.0 Å². The van der Waals surface area contributed by atoms with E-state index in [1.165, 1.54) is 30.5 Å². The maximum absolute atomic E-state index is 12.7. The number of amides is 1. The summed E-state index contributed by atoms with van der Waals surface area (Å²) >= 11 is 6.25. The summed E-state index contributed by atoms with van der Waals surface area (Å²) in [5, 5.41) is 0.387. The molecule has 3 heterocycles. The molecule has 2 aromatic heterocycles. The molecule has 1 aliphatic heterocycles. The van der Waals surface area contributed by atoms with Crippen LogP contribution in [0.25, 0.3) is 11.7 Å². The third-order valence-electron chi connectivity index (χ3n) is 5.38. The second-order valence-electron chi connectivity index (χ2n) is 7.42. The van der Waals surface area contributed by atoms with Crippen LogP contribution in [0.2, 0.25) is 5.15 Å². The highest BCUT2D eigenvalue weighted by Gasteiger charge is 2.16. The fraction of sp³-hybridized carbons (Fsp3) is 0.304. The second kappa shape index (κ2) is 8.70. The fourth-order valence-corrected chi connectivity index (χ4v) is 4.07. The molecule has 0 saturated carbocycles. The van der Waals surface area contributed by atoms with Crippen molar-refractivity contribution in [2.24, 2.45) is 0 Å². The third-order valence-corrected chi connectivity index (χ3v) is 5.66. The number of nitrogens with zero attached hydrogens (tertiary/aromatic N) is 4. The number of carbonyl (C=O) groups excluding carboxylic acids is 1. The largest absolute Gasteiger partial charge is 0.371 e. The molecule has 1 amide bonds. The SMILES string of the molecule is CN(Cc1ccccc1N1CCCCC1)C(=O)/C=C/c1c(Cl)nc2ccccn12. The van der Waals surface area contributed by atoms with E-state index in [2.05, 4.69) is 28.1 Å². The zero-order valence-corrected chi connectivity index (χ0v) is 17.3. The molecule has 0 atom stereocenters. The maximum atomic E-state index is 12.7. The quantitative estimate of drug-likeness (QED) is 0.577. The highest BCUT2D eigenvalue weighted by Crippen LogP contribution is 2.25. The first-order chi connectivity index (χ1) is 14.1. The van der Waals surface area contributed by atoms with Gasteiger partial charge in [-0.1, -0.05) is 35.9 Å². The zero-order valence-electron chi connectivity index (χ0n) is 16.6. The van der Waals surface area contributed by atoms with E-state index in [1.54, 1.807) is 17.1 Å². The number of anilines is 1. The van der Waals surface area contributed by atoms with Crippen LogP contribution in [0.3, 0.4) is 0 Å². The van der Waals surface area contributed by atoms with E-state index in [0.717, 1.165) is 18.7 Å². The predicted molar refractivity (Wildman–Crippen MR) is 118 cm³/mol. The van der Waals surface area contributed by atoms with Gasteiger partial charge in [-0.2, -0.15) is 0 Å². The summed E-state index contributed by atoms with van der Waals surface area (Å²) in [5.41, 5.74) is 3.87. The van der Waals surface area contributed by atoms with Crippen LogP contribution in [-0.2, 0) is 11.3 Å². The van der Waals surface area contributed by atoms with Gasteiger partial charge in [0.25, 0.3) is 0 Å². The number of aromatic nitrogens is 2. The molecule has 1 aliphatic rings. The van der Waals surface area contributed by atoms with Crippen molar-refractivity contribution in [1.29, 1.82) is 0 Å². The Kier molecular flexibility index (Phi) is 5.86. The number of hydrogen-bond donors (Lipinski definition) is 0. The first-order valence-electron chi connectivity index (χ1n) is 10.0. The second-order valence-corrected chi connectivity index (χ2v) is 7.78. The number of pyridine rings is 1. The van der Waals surface area contributed by atoms with Crippen molar-refractivity contribution in [1.82, 2.24) is 14.3 Å². The Morgan fingerprint density at radius 3 is 2.72 bits per heavy atom. The zero-order chi connectivity index (χ0) is 20.2. The number of rotatable bonds is 5. The Morgan fingerprint density at radius 1 is 1.14 bits per heavy atom. The van der Waals surface area contributed by atoms with Gasteiger partial charge in [0, 0.05) is 44.6 Å². The van der Waals surface area contributed by atoms with Crippen LogP contribution in [0.15, 0.2) is 54.7 Å². The van der Waals surface area contributed by atoms with E-state index < -0.39 is 0 Å².